The summed E-state index contributed by atoms with van der Waals surface area (Å²) in [4.78, 5) is 4.62. The van der Waals surface area contributed by atoms with Gasteiger partial charge in [0.25, 0.3) is 0 Å². The summed E-state index contributed by atoms with van der Waals surface area (Å²) in [6.45, 7) is 2.78. The average molecular weight is 364 g/mol. The molecule has 3 aromatic rings. The third-order valence-corrected chi connectivity index (χ3v) is 4.55. The van der Waals surface area contributed by atoms with Crippen LogP contribution in [0.1, 0.15) is 16.7 Å². The van der Waals surface area contributed by atoms with Gasteiger partial charge in [-0.05, 0) is 29.7 Å². The maximum absolute atomic E-state index is 4.62. The minimum atomic E-state index is 0.670. The Morgan fingerprint density at radius 1 is 0.870 bits per heavy atom. The van der Waals surface area contributed by atoms with Gasteiger partial charge < -0.3 is 0 Å². The highest BCUT2D eigenvalue weighted by atomic mass is 79.9. The predicted octanol–water partition coefficient (Wildman–Crippen LogP) is 6.04. The number of aryl methyl sites for hydroxylation is 1. The van der Waals surface area contributed by atoms with E-state index in [-0.39, 0.29) is 0 Å². The van der Waals surface area contributed by atoms with Crippen LogP contribution in [0.3, 0.4) is 0 Å². The zero-order valence-corrected chi connectivity index (χ0v) is 14.6. The molecule has 0 amide bonds. The Morgan fingerprint density at radius 3 is 2.35 bits per heavy atom. The number of benzene rings is 3. The molecule has 0 N–H and O–H groups in total. The molecule has 1 nitrogen and oxygen atoms in total. The minimum absolute atomic E-state index is 0.670. The lowest BCUT2D eigenvalue weighted by Crippen LogP contribution is -1.90. The van der Waals surface area contributed by atoms with Gasteiger partial charge in [0, 0.05) is 16.3 Å². The molecule has 0 aliphatic carbocycles. The Bertz CT molecular complexity index is 819. The lowest BCUT2D eigenvalue weighted by molar-refractivity contribution is 1.07. The van der Waals surface area contributed by atoms with Crippen molar-refractivity contribution < 1.29 is 0 Å². The number of hydrogen-bond donors (Lipinski definition) is 0. The van der Waals surface area contributed by atoms with Crippen molar-refractivity contribution in [1.82, 2.24) is 0 Å². The summed E-state index contributed by atoms with van der Waals surface area (Å²) in [5.41, 5.74) is 6.04. The van der Waals surface area contributed by atoms with Crippen LogP contribution in [-0.4, -0.2) is 6.21 Å². The van der Waals surface area contributed by atoms with E-state index in [4.69, 9.17) is 0 Å². The molecule has 3 aromatic carbocycles. The van der Waals surface area contributed by atoms with Crippen molar-refractivity contribution in [2.45, 2.75) is 13.5 Å². The summed E-state index contributed by atoms with van der Waals surface area (Å²) in [5, 5.41) is 0. The van der Waals surface area contributed by atoms with Gasteiger partial charge in [0.05, 0.1) is 6.54 Å². The Hall–Kier alpha value is -2.19. The Labute approximate surface area is 145 Å². The van der Waals surface area contributed by atoms with Crippen molar-refractivity contribution in [2.75, 3.05) is 0 Å². The first-order valence-electron chi connectivity index (χ1n) is 7.63. The van der Waals surface area contributed by atoms with Gasteiger partial charge in [-0.1, -0.05) is 88.2 Å². The monoisotopic (exact) mass is 363 g/mol. The smallest absolute Gasteiger partial charge is 0.0650 e. The van der Waals surface area contributed by atoms with Crippen molar-refractivity contribution >= 4 is 22.1 Å². The first-order chi connectivity index (χ1) is 11.2. The number of nitrogens with zero attached hydrogens (tertiary/aromatic N) is 1. The van der Waals surface area contributed by atoms with E-state index < -0.39 is 0 Å². The molecule has 0 aliphatic heterocycles. The lowest BCUT2D eigenvalue weighted by Gasteiger charge is -2.06. The number of hydrogen-bond acceptors (Lipinski definition) is 1. The minimum Gasteiger partial charge on any atom is -0.288 e. The second kappa shape index (κ2) is 7.38. The van der Waals surface area contributed by atoms with Crippen molar-refractivity contribution in [3.63, 3.8) is 0 Å². The first-order valence-corrected chi connectivity index (χ1v) is 8.42. The van der Waals surface area contributed by atoms with Crippen LogP contribution in [-0.2, 0) is 6.54 Å². The Morgan fingerprint density at radius 2 is 1.57 bits per heavy atom. The molecule has 23 heavy (non-hydrogen) atoms. The van der Waals surface area contributed by atoms with E-state index in [1.54, 1.807) is 0 Å². The zero-order chi connectivity index (χ0) is 16.1. The van der Waals surface area contributed by atoms with Gasteiger partial charge >= 0.3 is 0 Å². The first kappa shape index (κ1) is 15.7. The Balaban J connectivity index is 1.85. The van der Waals surface area contributed by atoms with Crippen LogP contribution in [0.25, 0.3) is 11.1 Å². The number of rotatable bonds is 4. The Kier molecular flexibility index (Phi) is 5.04. The van der Waals surface area contributed by atoms with Gasteiger partial charge in [-0.15, -0.1) is 0 Å². The molecule has 0 heterocycles. The normalized spacial score (nSPS) is 11.0. The van der Waals surface area contributed by atoms with E-state index in [1.807, 2.05) is 24.4 Å². The summed E-state index contributed by atoms with van der Waals surface area (Å²) in [7, 11) is 0. The number of halogens is 1. The molecule has 0 aromatic heterocycles. The van der Waals surface area contributed by atoms with Crippen molar-refractivity contribution in [2.24, 2.45) is 4.99 Å². The molecule has 0 spiro atoms. The fraction of sp³-hybridized carbons (Fsp3) is 0.0952. The quantitative estimate of drug-likeness (QED) is 0.500. The van der Waals surface area contributed by atoms with Crippen molar-refractivity contribution in [1.29, 1.82) is 0 Å². The lowest BCUT2D eigenvalue weighted by atomic mass is 9.99. The zero-order valence-electron chi connectivity index (χ0n) is 13.0. The summed E-state index contributed by atoms with van der Waals surface area (Å²) in [6.07, 6.45) is 1.97. The molecule has 0 unspecified atom stereocenters. The van der Waals surface area contributed by atoms with E-state index in [1.165, 1.54) is 22.3 Å². The van der Waals surface area contributed by atoms with Gasteiger partial charge in [-0.2, -0.15) is 0 Å². The van der Waals surface area contributed by atoms with Gasteiger partial charge in [0.15, 0.2) is 0 Å². The van der Waals surface area contributed by atoms with Crippen molar-refractivity contribution in [3.8, 4) is 11.1 Å². The summed E-state index contributed by atoms with van der Waals surface area (Å²) < 4.78 is 1.10. The molecule has 0 radical (unpaired) electrons. The van der Waals surface area contributed by atoms with Crippen LogP contribution in [0.15, 0.2) is 82.3 Å². The van der Waals surface area contributed by atoms with Crippen LogP contribution in [0.4, 0.5) is 0 Å². The molecule has 0 bridgehead atoms. The van der Waals surface area contributed by atoms with Gasteiger partial charge in [0.2, 0.25) is 0 Å². The predicted molar refractivity (Wildman–Crippen MR) is 102 cm³/mol. The third-order valence-electron chi connectivity index (χ3n) is 3.77. The molecule has 2 heteroatoms. The highest BCUT2D eigenvalue weighted by Gasteiger charge is 2.02. The van der Waals surface area contributed by atoms with E-state index >= 15 is 0 Å². The maximum atomic E-state index is 4.62. The molecule has 0 atom stereocenters. The highest BCUT2D eigenvalue weighted by Crippen LogP contribution is 2.23. The molecular weight excluding hydrogens is 346 g/mol. The summed E-state index contributed by atoms with van der Waals surface area (Å²) >= 11 is 3.57. The molecule has 114 valence electrons. The molecule has 0 saturated heterocycles. The van der Waals surface area contributed by atoms with Crippen LogP contribution in [0.5, 0.6) is 0 Å². The van der Waals surface area contributed by atoms with Gasteiger partial charge in [-0.25, -0.2) is 0 Å². The second-order valence-electron chi connectivity index (χ2n) is 5.51. The second-order valence-corrected chi connectivity index (χ2v) is 6.37. The maximum Gasteiger partial charge on any atom is 0.0650 e. The molecule has 0 aliphatic rings. The third kappa shape index (κ3) is 3.96. The largest absolute Gasteiger partial charge is 0.288 e. The van der Waals surface area contributed by atoms with Gasteiger partial charge in [-0.3, -0.25) is 4.99 Å². The van der Waals surface area contributed by atoms with Gasteiger partial charge in [0.1, 0.15) is 0 Å². The molecule has 0 fully saturated rings. The summed E-state index contributed by atoms with van der Waals surface area (Å²) in [5.74, 6) is 0. The SMILES string of the molecule is Cc1ccc(-c2ccccc2C=NCc2ccccc2Br)cc1. The average Bonchev–Trinajstić information content (AvgIpc) is 2.58. The van der Waals surface area contributed by atoms with E-state index in [0.29, 0.717) is 6.54 Å². The number of aliphatic imine (C=N–C) groups is 1. The fourth-order valence-corrected chi connectivity index (χ4v) is 2.88. The van der Waals surface area contributed by atoms with E-state index in [9.17, 15) is 0 Å². The highest BCUT2D eigenvalue weighted by molar-refractivity contribution is 9.10. The van der Waals surface area contributed by atoms with Crippen LogP contribution >= 0.6 is 15.9 Å². The van der Waals surface area contributed by atoms with Crippen LogP contribution < -0.4 is 0 Å². The molecular formula is C21H18BrN. The van der Waals surface area contributed by atoms with Crippen LogP contribution in [0.2, 0.25) is 0 Å². The topological polar surface area (TPSA) is 12.4 Å². The van der Waals surface area contributed by atoms with Crippen molar-refractivity contribution in [3.05, 3.63) is 94.0 Å². The van der Waals surface area contributed by atoms with E-state index in [2.05, 4.69) is 82.4 Å². The molecule has 0 saturated carbocycles. The summed E-state index contributed by atoms with van der Waals surface area (Å²) in [6, 6.07) is 25.2. The van der Waals surface area contributed by atoms with Crippen LogP contribution in [0, 0.1) is 6.92 Å². The fourth-order valence-electron chi connectivity index (χ4n) is 2.47. The standard InChI is InChI=1S/C21H18BrN/c1-16-10-12-17(13-11-16)20-8-4-2-6-18(20)14-23-15-19-7-3-5-9-21(19)22/h2-14H,15H2,1H3. The molecule has 3 rings (SSSR count). The van der Waals surface area contributed by atoms with E-state index in [0.717, 1.165) is 10.0 Å².